The van der Waals surface area contributed by atoms with E-state index in [2.05, 4.69) is 11.4 Å². The molecule has 27 heavy (non-hydrogen) atoms. The van der Waals surface area contributed by atoms with Crippen molar-refractivity contribution in [2.45, 2.75) is 32.1 Å². The van der Waals surface area contributed by atoms with Crippen molar-refractivity contribution in [3.63, 3.8) is 0 Å². The standard InChI is InChI=1S/C20H27N3O3S/c1-14(24)21-6-4-15(5-7-21)19(25)22-8-10-23(11-9-22)20(26)17-13-16(17)18-3-2-12-27-18/h2-3,12,15-17H,4-11,13H2,1H3. The molecule has 0 N–H and O–H groups in total. The van der Waals surface area contributed by atoms with Crippen LogP contribution >= 0.6 is 11.3 Å². The van der Waals surface area contributed by atoms with E-state index in [1.54, 1.807) is 18.3 Å². The number of hydrogen-bond acceptors (Lipinski definition) is 4. The molecule has 2 atom stereocenters. The van der Waals surface area contributed by atoms with Gasteiger partial charge in [-0.25, -0.2) is 0 Å². The predicted octanol–water partition coefficient (Wildman–Crippen LogP) is 1.78. The molecule has 3 fully saturated rings. The van der Waals surface area contributed by atoms with Gasteiger partial charge >= 0.3 is 0 Å². The highest BCUT2D eigenvalue weighted by Gasteiger charge is 2.46. The van der Waals surface area contributed by atoms with Crippen LogP contribution in [0.25, 0.3) is 0 Å². The smallest absolute Gasteiger partial charge is 0.226 e. The van der Waals surface area contributed by atoms with Crippen LogP contribution in [0.4, 0.5) is 0 Å². The van der Waals surface area contributed by atoms with Gasteiger partial charge in [-0.15, -0.1) is 11.3 Å². The van der Waals surface area contributed by atoms with Gasteiger partial charge in [0, 0.05) is 68.8 Å². The summed E-state index contributed by atoms with van der Waals surface area (Å²) in [6.45, 7) is 5.49. The minimum Gasteiger partial charge on any atom is -0.343 e. The first-order chi connectivity index (χ1) is 13.0. The Bertz CT molecular complexity index is 704. The van der Waals surface area contributed by atoms with E-state index in [4.69, 9.17) is 0 Å². The molecule has 1 aromatic rings. The number of piperidine rings is 1. The lowest BCUT2D eigenvalue weighted by Gasteiger charge is -2.38. The number of hydrogen-bond donors (Lipinski definition) is 0. The Morgan fingerprint density at radius 1 is 0.926 bits per heavy atom. The maximum absolute atomic E-state index is 12.8. The van der Waals surface area contributed by atoms with E-state index in [0.717, 1.165) is 19.3 Å². The zero-order chi connectivity index (χ0) is 19.0. The molecule has 1 saturated carbocycles. The van der Waals surface area contributed by atoms with E-state index in [-0.39, 0.29) is 29.6 Å². The lowest BCUT2D eigenvalue weighted by Crippen LogP contribution is -2.53. The van der Waals surface area contributed by atoms with Crippen molar-refractivity contribution < 1.29 is 14.4 Å². The van der Waals surface area contributed by atoms with Crippen LogP contribution in [0.15, 0.2) is 17.5 Å². The average Bonchev–Trinajstić information content (AvgIpc) is 3.31. The lowest BCUT2D eigenvalue weighted by molar-refractivity contribution is -0.144. The van der Waals surface area contributed by atoms with Crippen LogP contribution in [-0.4, -0.2) is 71.7 Å². The monoisotopic (exact) mass is 389 g/mol. The van der Waals surface area contributed by atoms with Crippen LogP contribution in [0.3, 0.4) is 0 Å². The number of amides is 3. The molecule has 0 aromatic carbocycles. The first-order valence-corrected chi connectivity index (χ1v) is 10.8. The first-order valence-electron chi connectivity index (χ1n) is 9.91. The van der Waals surface area contributed by atoms with Gasteiger partial charge in [-0.05, 0) is 30.7 Å². The summed E-state index contributed by atoms with van der Waals surface area (Å²) >= 11 is 1.74. The summed E-state index contributed by atoms with van der Waals surface area (Å²) < 4.78 is 0. The van der Waals surface area contributed by atoms with E-state index < -0.39 is 0 Å². The Balaban J connectivity index is 1.24. The summed E-state index contributed by atoms with van der Waals surface area (Å²) in [7, 11) is 0. The molecule has 146 valence electrons. The molecule has 2 saturated heterocycles. The highest BCUT2D eigenvalue weighted by Crippen LogP contribution is 2.50. The summed E-state index contributed by atoms with van der Waals surface area (Å²) in [4.78, 5) is 43.9. The summed E-state index contributed by atoms with van der Waals surface area (Å²) in [6.07, 6.45) is 2.47. The SMILES string of the molecule is CC(=O)N1CCC(C(=O)N2CCN(C(=O)C3CC3c3cccs3)CC2)CC1. The zero-order valence-electron chi connectivity index (χ0n) is 15.8. The molecule has 1 aliphatic carbocycles. The fourth-order valence-corrected chi connectivity index (χ4v) is 5.27. The minimum atomic E-state index is 0.0227. The summed E-state index contributed by atoms with van der Waals surface area (Å²) in [5.74, 6) is 1.12. The Hall–Kier alpha value is -1.89. The van der Waals surface area contributed by atoms with Gasteiger partial charge in [-0.3, -0.25) is 14.4 Å². The highest BCUT2D eigenvalue weighted by atomic mass is 32.1. The van der Waals surface area contributed by atoms with Gasteiger partial charge in [0.15, 0.2) is 0 Å². The van der Waals surface area contributed by atoms with Gasteiger partial charge < -0.3 is 14.7 Å². The molecular formula is C20H27N3O3S. The summed E-state index contributed by atoms with van der Waals surface area (Å²) in [6, 6.07) is 4.17. The predicted molar refractivity (Wildman–Crippen MR) is 103 cm³/mol. The van der Waals surface area contributed by atoms with Gasteiger partial charge in [0.25, 0.3) is 0 Å². The highest BCUT2D eigenvalue weighted by molar-refractivity contribution is 7.10. The second-order valence-electron chi connectivity index (χ2n) is 7.90. The molecule has 3 amide bonds. The molecule has 6 nitrogen and oxygen atoms in total. The molecule has 1 aromatic heterocycles. The largest absolute Gasteiger partial charge is 0.343 e. The van der Waals surface area contributed by atoms with Crippen molar-refractivity contribution in [2.24, 2.45) is 11.8 Å². The molecule has 0 bridgehead atoms. The van der Waals surface area contributed by atoms with E-state index >= 15 is 0 Å². The van der Waals surface area contributed by atoms with Crippen molar-refractivity contribution in [1.82, 2.24) is 14.7 Å². The van der Waals surface area contributed by atoms with Crippen LogP contribution in [0.2, 0.25) is 0 Å². The lowest BCUT2D eigenvalue weighted by atomic mass is 9.95. The molecular weight excluding hydrogens is 362 g/mol. The van der Waals surface area contributed by atoms with E-state index in [0.29, 0.717) is 45.2 Å². The van der Waals surface area contributed by atoms with Gasteiger partial charge in [-0.1, -0.05) is 6.07 Å². The fourth-order valence-electron chi connectivity index (χ4n) is 4.37. The maximum atomic E-state index is 12.8. The molecule has 2 unspecified atom stereocenters. The topological polar surface area (TPSA) is 60.9 Å². The van der Waals surface area contributed by atoms with Crippen molar-refractivity contribution in [3.8, 4) is 0 Å². The van der Waals surface area contributed by atoms with E-state index in [1.165, 1.54) is 4.88 Å². The van der Waals surface area contributed by atoms with E-state index in [1.807, 2.05) is 20.8 Å². The van der Waals surface area contributed by atoms with Gasteiger partial charge in [0.05, 0.1) is 0 Å². The van der Waals surface area contributed by atoms with Crippen molar-refractivity contribution >= 4 is 29.1 Å². The number of rotatable bonds is 3. The Labute approximate surface area is 164 Å². The van der Waals surface area contributed by atoms with E-state index in [9.17, 15) is 14.4 Å². The normalized spacial score (nSPS) is 26.2. The molecule has 7 heteroatoms. The quantitative estimate of drug-likeness (QED) is 0.792. The Morgan fingerprint density at radius 2 is 1.56 bits per heavy atom. The fraction of sp³-hybridized carbons (Fsp3) is 0.650. The van der Waals surface area contributed by atoms with Crippen molar-refractivity contribution in [3.05, 3.63) is 22.4 Å². The van der Waals surface area contributed by atoms with Gasteiger partial charge in [0.2, 0.25) is 17.7 Å². The number of likely N-dealkylation sites (tertiary alicyclic amines) is 1. The third kappa shape index (κ3) is 3.88. The van der Waals surface area contributed by atoms with Gasteiger partial charge in [0.1, 0.15) is 0 Å². The second-order valence-corrected chi connectivity index (χ2v) is 8.87. The third-order valence-electron chi connectivity index (χ3n) is 6.21. The van der Waals surface area contributed by atoms with Crippen LogP contribution in [0.5, 0.6) is 0 Å². The summed E-state index contributed by atoms with van der Waals surface area (Å²) in [5, 5.41) is 2.07. The molecule has 0 radical (unpaired) electrons. The number of carbonyl (C=O) groups is 3. The molecule has 4 rings (SSSR count). The Kier molecular flexibility index (Phi) is 5.21. The number of thiophene rings is 1. The van der Waals surface area contributed by atoms with Crippen LogP contribution in [-0.2, 0) is 14.4 Å². The number of nitrogens with zero attached hydrogens (tertiary/aromatic N) is 3. The van der Waals surface area contributed by atoms with Gasteiger partial charge in [-0.2, -0.15) is 0 Å². The summed E-state index contributed by atoms with van der Waals surface area (Å²) in [5.41, 5.74) is 0. The zero-order valence-corrected chi connectivity index (χ0v) is 16.6. The molecule has 3 heterocycles. The van der Waals surface area contributed by atoms with Crippen molar-refractivity contribution in [2.75, 3.05) is 39.3 Å². The third-order valence-corrected chi connectivity index (χ3v) is 7.21. The Morgan fingerprint density at radius 3 is 2.11 bits per heavy atom. The van der Waals surface area contributed by atoms with Crippen LogP contribution in [0.1, 0.15) is 37.0 Å². The number of piperazine rings is 1. The minimum absolute atomic E-state index is 0.0227. The molecule has 3 aliphatic rings. The molecule has 0 spiro atoms. The molecule has 2 aliphatic heterocycles. The van der Waals surface area contributed by atoms with Crippen LogP contribution < -0.4 is 0 Å². The first kappa shape index (κ1) is 18.5. The number of carbonyl (C=O) groups excluding carboxylic acids is 3. The van der Waals surface area contributed by atoms with Crippen LogP contribution in [0, 0.1) is 11.8 Å². The second kappa shape index (κ2) is 7.62. The average molecular weight is 390 g/mol. The maximum Gasteiger partial charge on any atom is 0.226 e. The van der Waals surface area contributed by atoms with Crippen molar-refractivity contribution in [1.29, 1.82) is 0 Å².